The molecule has 4 N–H and O–H groups in total. The van der Waals surface area contributed by atoms with E-state index in [4.69, 9.17) is 10.5 Å². The molecule has 0 aliphatic carbocycles. The van der Waals surface area contributed by atoms with Crippen LogP contribution in [0.1, 0.15) is 25.5 Å². The van der Waals surface area contributed by atoms with E-state index in [9.17, 15) is 10.2 Å². The molecule has 0 radical (unpaired) electrons. The number of phenols is 1. The van der Waals surface area contributed by atoms with Crippen molar-refractivity contribution in [2.24, 2.45) is 5.73 Å². The number of ether oxygens (including phenoxy) is 1. The molecule has 15 heavy (non-hydrogen) atoms. The first-order valence-electron chi connectivity index (χ1n) is 4.92. The molecule has 0 spiro atoms. The molecule has 0 aliphatic rings. The van der Waals surface area contributed by atoms with E-state index < -0.39 is 6.10 Å². The van der Waals surface area contributed by atoms with Crippen LogP contribution in [0.15, 0.2) is 18.2 Å². The number of aliphatic hydroxyl groups excluding tert-OH is 1. The largest absolute Gasteiger partial charge is 0.504 e. The molecule has 0 aliphatic heterocycles. The van der Waals surface area contributed by atoms with E-state index in [1.165, 1.54) is 6.07 Å². The van der Waals surface area contributed by atoms with Gasteiger partial charge in [0.25, 0.3) is 0 Å². The average molecular weight is 211 g/mol. The highest BCUT2D eigenvalue weighted by Gasteiger charge is 2.10. The predicted octanol–water partition coefficient (Wildman–Crippen LogP) is 1.17. The van der Waals surface area contributed by atoms with Crippen LogP contribution in [0.2, 0.25) is 0 Å². The summed E-state index contributed by atoms with van der Waals surface area (Å²) in [5.74, 6) is 0.437. The van der Waals surface area contributed by atoms with Crippen molar-refractivity contribution in [2.75, 3.05) is 6.54 Å². The van der Waals surface area contributed by atoms with Gasteiger partial charge in [-0.1, -0.05) is 6.07 Å². The molecule has 4 nitrogen and oxygen atoms in total. The first-order chi connectivity index (χ1) is 7.04. The van der Waals surface area contributed by atoms with Gasteiger partial charge in [-0.3, -0.25) is 0 Å². The third-order valence-corrected chi connectivity index (χ3v) is 1.95. The monoisotopic (exact) mass is 211 g/mol. The zero-order valence-electron chi connectivity index (χ0n) is 8.97. The van der Waals surface area contributed by atoms with E-state index >= 15 is 0 Å². The Bertz CT molecular complexity index is 326. The summed E-state index contributed by atoms with van der Waals surface area (Å²) < 4.78 is 5.38. The van der Waals surface area contributed by atoms with Gasteiger partial charge in [0.1, 0.15) is 0 Å². The summed E-state index contributed by atoms with van der Waals surface area (Å²) in [4.78, 5) is 0. The number of aromatic hydroxyl groups is 1. The van der Waals surface area contributed by atoms with E-state index in [2.05, 4.69) is 0 Å². The fourth-order valence-electron chi connectivity index (χ4n) is 1.22. The van der Waals surface area contributed by atoms with Crippen LogP contribution in [0.5, 0.6) is 11.5 Å². The van der Waals surface area contributed by atoms with Crippen molar-refractivity contribution in [1.29, 1.82) is 0 Å². The zero-order valence-corrected chi connectivity index (χ0v) is 8.97. The van der Waals surface area contributed by atoms with Gasteiger partial charge < -0.3 is 20.7 Å². The van der Waals surface area contributed by atoms with Gasteiger partial charge in [0.05, 0.1) is 12.2 Å². The Morgan fingerprint density at radius 1 is 1.40 bits per heavy atom. The maximum atomic E-state index is 9.52. The molecule has 0 fully saturated rings. The maximum Gasteiger partial charge on any atom is 0.161 e. The number of phenolic OH excluding ortho intramolecular Hbond substituents is 1. The van der Waals surface area contributed by atoms with Crippen molar-refractivity contribution in [1.82, 2.24) is 0 Å². The summed E-state index contributed by atoms with van der Waals surface area (Å²) in [6, 6.07) is 4.72. The minimum Gasteiger partial charge on any atom is -0.504 e. The molecule has 0 saturated carbocycles. The fraction of sp³-hybridized carbons (Fsp3) is 0.455. The SMILES string of the molecule is CC(C)Oc1cc(C(O)CN)ccc1O. The molecule has 1 aromatic carbocycles. The van der Waals surface area contributed by atoms with Crippen LogP contribution in [0.4, 0.5) is 0 Å². The molecule has 0 bridgehead atoms. The quantitative estimate of drug-likeness (QED) is 0.698. The van der Waals surface area contributed by atoms with Crippen LogP contribution < -0.4 is 10.5 Å². The van der Waals surface area contributed by atoms with Crippen LogP contribution in [-0.2, 0) is 0 Å². The lowest BCUT2D eigenvalue weighted by molar-refractivity contribution is 0.184. The minimum absolute atomic E-state index is 0.0267. The Hall–Kier alpha value is -1.26. The van der Waals surface area contributed by atoms with Crippen LogP contribution in [0.25, 0.3) is 0 Å². The highest BCUT2D eigenvalue weighted by atomic mass is 16.5. The molecule has 1 rings (SSSR count). The lowest BCUT2D eigenvalue weighted by Gasteiger charge is -2.14. The van der Waals surface area contributed by atoms with E-state index in [0.717, 1.165) is 0 Å². The molecular formula is C11H17NO3. The van der Waals surface area contributed by atoms with Crippen LogP contribution in [0.3, 0.4) is 0 Å². The van der Waals surface area contributed by atoms with Crippen LogP contribution in [0, 0.1) is 0 Å². The highest BCUT2D eigenvalue weighted by molar-refractivity contribution is 5.42. The summed E-state index contributed by atoms with van der Waals surface area (Å²) >= 11 is 0. The van der Waals surface area contributed by atoms with E-state index in [1.54, 1.807) is 12.1 Å². The smallest absolute Gasteiger partial charge is 0.161 e. The number of rotatable bonds is 4. The number of nitrogens with two attached hydrogens (primary N) is 1. The molecule has 1 atom stereocenters. The van der Waals surface area contributed by atoms with Gasteiger partial charge in [0.2, 0.25) is 0 Å². The third kappa shape index (κ3) is 3.11. The van der Waals surface area contributed by atoms with Crippen LogP contribution >= 0.6 is 0 Å². The van der Waals surface area contributed by atoms with Gasteiger partial charge in [-0.05, 0) is 31.5 Å². The average Bonchev–Trinajstić information content (AvgIpc) is 2.19. The predicted molar refractivity (Wildman–Crippen MR) is 57.9 cm³/mol. The second-order valence-corrected chi connectivity index (χ2v) is 3.65. The van der Waals surface area contributed by atoms with Crippen molar-refractivity contribution >= 4 is 0 Å². The van der Waals surface area contributed by atoms with Crippen molar-refractivity contribution < 1.29 is 14.9 Å². The zero-order chi connectivity index (χ0) is 11.4. The molecule has 84 valence electrons. The lowest BCUT2D eigenvalue weighted by Crippen LogP contribution is -2.12. The van der Waals surface area contributed by atoms with E-state index in [-0.39, 0.29) is 18.4 Å². The number of hydrogen-bond acceptors (Lipinski definition) is 4. The normalized spacial score (nSPS) is 12.9. The number of benzene rings is 1. The third-order valence-electron chi connectivity index (χ3n) is 1.95. The molecule has 0 heterocycles. The van der Waals surface area contributed by atoms with Gasteiger partial charge in [-0.2, -0.15) is 0 Å². The summed E-state index contributed by atoms with van der Waals surface area (Å²) in [6.45, 7) is 3.88. The van der Waals surface area contributed by atoms with Gasteiger partial charge >= 0.3 is 0 Å². The molecule has 0 amide bonds. The first kappa shape index (κ1) is 11.8. The standard InChI is InChI=1S/C11H17NO3/c1-7(2)15-11-5-8(10(14)6-12)3-4-9(11)13/h3-5,7,10,13-14H,6,12H2,1-2H3. The second-order valence-electron chi connectivity index (χ2n) is 3.65. The van der Waals surface area contributed by atoms with Gasteiger partial charge in [-0.15, -0.1) is 0 Å². The molecule has 1 unspecified atom stereocenters. The number of aliphatic hydroxyl groups is 1. The lowest BCUT2D eigenvalue weighted by atomic mass is 10.1. The fourth-order valence-corrected chi connectivity index (χ4v) is 1.22. The Labute approximate surface area is 89.3 Å². The Balaban J connectivity index is 2.94. The Morgan fingerprint density at radius 2 is 2.07 bits per heavy atom. The minimum atomic E-state index is -0.722. The summed E-state index contributed by atoms with van der Waals surface area (Å²) in [5.41, 5.74) is 5.98. The summed E-state index contributed by atoms with van der Waals surface area (Å²) in [6.07, 6.45) is -0.749. The summed E-state index contributed by atoms with van der Waals surface area (Å²) in [5, 5.41) is 19.0. The van der Waals surface area contributed by atoms with E-state index in [1.807, 2.05) is 13.8 Å². The number of hydrogen-bond donors (Lipinski definition) is 3. The first-order valence-corrected chi connectivity index (χ1v) is 4.92. The van der Waals surface area contributed by atoms with Crippen molar-refractivity contribution in [3.05, 3.63) is 23.8 Å². The van der Waals surface area contributed by atoms with Crippen molar-refractivity contribution in [3.63, 3.8) is 0 Å². The molecule has 0 aromatic heterocycles. The maximum absolute atomic E-state index is 9.52. The van der Waals surface area contributed by atoms with Crippen LogP contribution in [-0.4, -0.2) is 22.9 Å². The highest BCUT2D eigenvalue weighted by Crippen LogP contribution is 2.29. The van der Waals surface area contributed by atoms with Gasteiger partial charge in [0, 0.05) is 6.54 Å². The molecule has 0 saturated heterocycles. The Kier molecular flexibility index (Phi) is 3.94. The van der Waals surface area contributed by atoms with Gasteiger partial charge in [0.15, 0.2) is 11.5 Å². The topological polar surface area (TPSA) is 75.7 Å². The van der Waals surface area contributed by atoms with Crippen molar-refractivity contribution in [3.8, 4) is 11.5 Å². The summed E-state index contributed by atoms with van der Waals surface area (Å²) in [7, 11) is 0. The molecule has 4 heteroatoms. The van der Waals surface area contributed by atoms with Crippen molar-refractivity contribution in [2.45, 2.75) is 26.1 Å². The second kappa shape index (κ2) is 5.00. The molecule has 1 aromatic rings. The van der Waals surface area contributed by atoms with E-state index in [0.29, 0.717) is 11.3 Å². The molecular weight excluding hydrogens is 194 g/mol. The van der Waals surface area contributed by atoms with Gasteiger partial charge in [-0.25, -0.2) is 0 Å². The Morgan fingerprint density at radius 3 is 2.60 bits per heavy atom.